The number of rotatable bonds is 2. The molecule has 100 valence electrons. The maximum Gasteiger partial charge on any atom is 0.416 e. The van der Waals surface area contributed by atoms with E-state index in [1.165, 1.54) is 6.07 Å². The Balaban J connectivity index is 2.61. The monoisotopic (exact) mass is 323 g/mol. The van der Waals surface area contributed by atoms with Crippen molar-refractivity contribution in [2.45, 2.75) is 30.9 Å². The summed E-state index contributed by atoms with van der Waals surface area (Å²) in [5.41, 5.74) is 4.46. The maximum atomic E-state index is 13.0. The van der Waals surface area contributed by atoms with Gasteiger partial charge in [-0.3, -0.25) is 0 Å². The minimum Gasteiger partial charge on any atom is -0.507 e. The van der Waals surface area contributed by atoms with Crippen molar-refractivity contribution in [2.24, 2.45) is 5.73 Å². The van der Waals surface area contributed by atoms with Crippen molar-refractivity contribution in [3.05, 3.63) is 27.7 Å². The number of phenols is 1. The van der Waals surface area contributed by atoms with E-state index in [9.17, 15) is 18.3 Å². The zero-order valence-corrected chi connectivity index (χ0v) is 11.1. The summed E-state index contributed by atoms with van der Waals surface area (Å²) in [7, 11) is 0. The van der Waals surface area contributed by atoms with Crippen LogP contribution in [0.2, 0.25) is 0 Å². The van der Waals surface area contributed by atoms with Crippen molar-refractivity contribution in [1.82, 2.24) is 0 Å². The van der Waals surface area contributed by atoms with E-state index in [2.05, 4.69) is 15.9 Å². The summed E-state index contributed by atoms with van der Waals surface area (Å²) in [6.07, 6.45) is -2.29. The molecule has 0 aromatic heterocycles. The Kier molecular flexibility index (Phi) is 3.36. The van der Waals surface area contributed by atoms with Crippen LogP contribution in [-0.2, 0) is 11.6 Å². The van der Waals surface area contributed by atoms with Gasteiger partial charge in [-0.25, -0.2) is 0 Å². The van der Waals surface area contributed by atoms with Gasteiger partial charge in [-0.2, -0.15) is 13.2 Å². The SMILES string of the molecule is NCC1(c2cc(Br)c(O)cc2C(F)(F)F)CCC1. The molecule has 0 saturated heterocycles. The molecule has 1 fully saturated rings. The van der Waals surface area contributed by atoms with Crippen LogP contribution in [0.25, 0.3) is 0 Å². The lowest BCUT2D eigenvalue weighted by molar-refractivity contribution is -0.139. The maximum absolute atomic E-state index is 13.0. The molecule has 0 amide bonds. The second kappa shape index (κ2) is 4.42. The Morgan fingerprint density at radius 2 is 1.94 bits per heavy atom. The fraction of sp³-hybridized carbons (Fsp3) is 0.500. The zero-order valence-electron chi connectivity index (χ0n) is 9.52. The van der Waals surface area contributed by atoms with Gasteiger partial charge in [0.25, 0.3) is 0 Å². The van der Waals surface area contributed by atoms with E-state index < -0.39 is 22.9 Å². The molecular formula is C12H13BrF3NO. The number of aromatic hydroxyl groups is 1. The van der Waals surface area contributed by atoms with Gasteiger partial charge in [0, 0.05) is 12.0 Å². The van der Waals surface area contributed by atoms with Crippen LogP contribution in [0.15, 0.2) is 16.6 Å². The van der Waals surface area contributed by atoms with E-state index in [1.807, 2.05) is 0 Å². The van der Waals surface area contributed by atoms with Gasteiger partial charge in [0.15, 0.2) is 0 Å². The first-order valence-electron chi connectivity index (χ1n) is 5.60. The van der Waals surface area contributed by atoms with Crippen LogP contribution in [0.5, 0.6) is 5.75 Å². The van der Waals surface area contributed by atoms with Crippen LogP contribution in [0.4, 0.5) is 13.2 Å². The number of halogens is 4. The quantitative estimate of drug-likeness (QED) is 0.874. The van der Waals surface area contributed by atoms with Crippen molar-refractivity contribution in [3.63, 3.8) is 0 Å². The highest BCUT2D eigenvalue weighted by Crippen LogP contribution is 2.49. The van der Waals surface area contributed by atoms with Crippen LogP contribution >= 0.6 is 15.9 Å². The van der Waals surface area contributed by atoms with Gasteiger partial charge in [-0.15, -0.1) is 0 Å². The number of phenolic OH excluding ortho intramolecular Hbond substituents is 1. The van der Waals surface area contributed by atoms with E-state index in [0.717, 1.165) is 12.5 Å². The third kappa shape index (κ3) is 2.12. The molecule has 0 heterocycles. The second-order valence-corrected chi connectivity index (χ2v) is 5.54. The highest BCUT2D eigenvalue weighted by molar-refractivity contribution is 9.10. The van der Waals surface area contributed by atoms with Crippen molar-refractivity contribution >= 4 is 15.9 Å². The van der Waals surface area contributed by atoms with Crippen LogP contribution < -0.4 is 5.73 Å². The molecule has 0 atom stereocenters. The number of nitrogens with two attached hydrogens (primary N) is 1. The molecule has 2 rings (SSSR count). The Labute approximate surface area is 111 Å². The van der Waals surface area contributed by atoms with Crippen LogP contribution in [0.3, 0.4) is 0 Å². The zero-order chi connectivity index (χ0) is 13.6. The largest absolute Gasteiger partial charge is 0.507 e. The van der Waals surface area contributed by atoms with Crippen LogP contribution in [0, 0.1) is 0 Å². The number of hydrogen-bond acceptors (Lipinski definition) is 2. The number of benzene rings is 1. The standard InChI is InChI=1S/C12H13BrF3NO/c13-9-4-7(11(6-17)2-1-3-11)8(5-10(9)18)12(14,15)16/h4-5,18H,1-3,6,17H2. The average molecular weight is 324 g/mol. The van der Waals surface area contributed by atoms with Crippen molar-refractivity contribution in [1.29, 1.82) is 0 Å². The van der Waals surface area contributed by atoms with Gasteiger partial charge in [0.2, 0.25) is 0 Å². The van der Waals surface area contributed by atoms with E-state index >= 15 is 0 Å². The van der Waals surface area contributed by atoms with Gasteiger partial charge >= 0.3 is 6.18 Å². The lowest BCUT2D eigenvalue weighted by Crippen LogP contribution is -2.43. The molecule has 6 heteroatoms. The summed E-state index contributed by atoms with van der Waals surface area (Å²) in [6, 6.07) is 2.12. The second-order valence-electron chi connectivity index (χ2n) is 4.68. The molecule has 0 bridgehead atoms. The Bertz CT molecular complexity index is 464. The van der Waals surface area contributed by atoms with E-state index in [-0.39, 0.29) is 16.6 Å². The summed E-state index contributed by atoms with van der Waals surface area (Å²) >= 11 is 3.06. The molecule has 1 aliphatic rings. The summed E-state index contributed by atoms with van der Waals surface area (Å²) in [5, 5.41) is 9.44. The predicted octanol–water partition coefficient (Wildman–Crippen LogP) is 3.55. The summed E-state index contributed by atoms with van der Waals surface area (Å²) in [4.78, 5) is 0. The van der Waals surface area contributed by atoms with E-state index in [0.29, 0.717) is 12.8 Å². The van der Waals surface area contributed by atoms with E-state index in [4.69, 9.17) is 5.73 Å². The lowest BCUT2D eigenvalue weighted by Gasteiger charge is -2.43. The first-order chi connectivity index (χ1) is 8.30. The molecule has 0 unspecified atom stereocenters. The molecule has 1 aromatic carbocycles. The predicted molar refractivity (Wildman–Crippen MR) is 65.4 cm³/mol. The summed E-state index contributed by atoms with van der Waals surface area (Å²) < 4.78 is 39.3. The minimum atomic E-state index is -4.48. The highest BCUT2D eigenvalue weighted by atomic mass is 79.9. The summed E-state index contributed by atoms with van der Waals surface area (Å²) in [6.45, 7) is 0.188. The molecule has 1 saturated carbocycles. The van der Waals surface area contributed by atoms with Gasteiger partial charge in [-0.1, -0.05) is 6.42 Å². The van der Waals surface area contributed by atoms with Gasteiger partial charge < -0.3 is 10.8 Å². The molecule has 1 aliphatic carbocycles. The molecule has 2 nitrogen and oxygen atoms in total. The Morgan fingerprint density at radius 1 is 1.33 bits per heavy atom. The van der Waals surface area contributed by atoms with Gasteiger partial charge in [0.1, 0.15) is 5.75 Å². The fourth-order valence-electron chi connectivity index (χ4n) is 2.42. The van der Waals surface area contributed by atoms with Crippen molar-refractivity contribution < 1.29 is 18.3 Å². The molecular weight excluding hydrogens is 311 g/mol. The molecule has 3 N–H and O–H groups in total. The normalized spacial score (nSPS) is 18.5. The smallest absolute Gasteiger partial charge is 0.416 e. The number of alkyl halides is 3. The molecule has 0 radical (unpaired) electrons. The first-order valence-corrected chi connectivity index (χ1v) is 6.40. The highest BCUT2D eigenvalue weighted by Gasteiger charge is 2.45. The molecule has 0 spiro atoms. The lowest BCUT2D eigenvalue weighted by atomic mass is 9.63. The molecule has 18 heavy (non-hydrogen) atoms. The third-order valence-corrected chi connectivity index (χ3v) is 4.30. The Morgan fingerprint density at radius 3 is 2.33 bits per heavy atom. The minimum absolute atomic E-state index is 0.188. The van der Waals surface area contributed by atoms with Crippen molar-refractivity contribution in [2.75, 3.05) is 6.54 Å². The van der Waals surface area contributed by atoms with Crippen LogP contribution in [0.1, 0.15) is 30.4 Å². The summed E-state index contributed by atoms with van der Waals surface area (Å²) in [5.74, 6) is -0.405. The molecule has 1 aromatic rings. The Hall–Kier alpha value is -0.750. The topological polar surface area (TPSA) is 46.2 Å². The third-order valence-electron chi connectivity index (χ3n) is 3.67. The fourth-order valence-corrected chi connectivity index (χ4v) is 2.77. The van der Waals surface area contributed by atoms with E-state index in [1.54, 1.807) is 0 Å². The van der Waals surface area contributed by atoms with Gasteiger partial charge in [-0.05, 0) is 46.5 Å². The van der Waals surface area contributed by atoms with Gasteiger partial charge in [0.05, 0.1) is 10.0 Å². The average Bonchev–Trinajstić information content (AvgIpc) is 2.20. The molecule has 0 aliphatic heterocycles. The number of hydrogen-bond donors (Lipinski definition) is 2. The first kappa shape index (κ1) is 13.7. The van der Waals surface area contributed by atoms with Crippen LogP contribution in [-0.4, -0.2) is 11.7 Å². The van der Waals surface area contributed by atoms with Crippen molar-refractivity contribution in [3.8, 4) is 5.75 Å².